The Balaban J connectivity index is 2.08. The van der Waals surface area contributed by atoms with E-state index in [0.29, 0.717) is 19.4 Å². The molecule has 0 aromatic heterocycles. The Morgan fingerprint density at radius 2 is 2.04 bits per heavy atom. The molecule has 0 atom stereocenters. The monoisotopic (exact) mass is 374 g/mol. The van der Waals surface area contributed by atoms with Crippen LogP contribution in [0.5, 0.6) is 5.75 Å². The van der Waals surface area contributed by atoms with Crippen LogP contribution in [0.25, 0.3) is 0 Å². The van der Waals surface area contributed by atoms with Crippen molar-refractivity contribution in [1.29, 1.82) is 0 Å². The van der Waals surface area contributed by atoms with Crippen LogP contribution in [-0.2, 0) is 14.8 Å². The summed E-state index contributed by atoms with van der Waals surface area (Å²) in [6, 6.07) is 3.61. The highest BCUT2D eigenvalue weighted by atomic mass is 32.2. The molecule has 1 aliphatic heterocycles. The zero-order valence-electron chi connectivity index (χ0n) is 14.3. The minimum absolute atomic E-state index is 0.00934. The summed E-state index contributed by atoms with van der Waals surface area (Å²) >= 11 is 0. The van der Waals surface area contributed by atoms with E-state index in [-0.39, 0.29) is 36.3 Å². The number of carboxylic acid groups (broad SMARTS) is 1. The maximum atomic E-state index is 13.8. The van der Waals surface area contributed by atoms with E-state index in [2.05, 4.69) is 0 Å². The summed E-state index contributed by atoms with van der Waals surface area (Å²) in [6.07, 6.45) is 1.08. The first-order chi connectivity index (χ1) is 11.8. The van der Waals surface area contributed by atoms with Crippen LogP contribution in [0.2, 0.25) is 0 Å². The van der Waals surface area contributed by atoms with Crippen molar-refractivity contribution >= 4 is 16.0 Å². The Kier molecular flexibility index (Phi) is 6.36. The van der Waals surface area contributed by atoms with E-state index in [1.807, 2.05) is 11.8 Å². The van der Waals surface area contributed by atoms with Gasteiger partial charge in [0.25, 0.3) is 0 Å². The second kappa shape index (κ2) is 8.11. The molecule has 0 aliphatic carbocycles. The number of benzene rings is 1. The Morgan fingerprint density at radius 1 is 1.40 bits per heavy atom. The number of methoxy groups -OCH3 is 1. The number of aliphatic carboxylic acids is 1. The second-order valence-corrected chi connectivity index (χ2v) is 7.83. The molecule has 25 heavy (non-hydrogen) atoms. The summed E-state index contributed by atoms with van der Waals surface area (Å²) in [4.78, 5) is 12.6. The number of likely N-dealkylation sites (N-methyl/N-ethyl adjacent to an activating group) is 1. The number of hydrogen-bond acceptors (Lipinski definition) is 5. The summed E-state index contributed by atoms with van der Waals surface area (Å²) in [5.41, 5.74) is 0. The molecule has 1 aromatic rings. The standard InChI is InChI=1S/C16H23FN2O5S/c1-3-18(11-16(20)21)12-6-8-19(9-7-12)25(22,23)13-4-5-15(24-2)14(17)10-13/h4-5,10,12H,3,6-9,11H2,1-2H3,(H,20,21). The predicted octanol–water partition coefficient (Wildman–Crippen LogP) is 1.39. The number of piperidine rings is 1. The summed E-state index contributed by atoms with van der Waals surface area (Å²) in [6.45, 7) is 2.96. The van der Waals surface area contributed by atoms with Gasteiger partial charge in [-0.15, -0.1) is 0 Å². The number of carbonyl (C=O) groups is 1. The van der Waals surface area contributed by atoms with Crippen molar-refractivity contribution in [2.45, 2.75) is 30.7 Å². The number of carboxylic acids is 1. The molecular weight excluding hydrogens is 351 g/mol. The fraction of sp³-hybridized carbons (Fsp3) is 0.562. The van der Waals surface area contributed by atoms with Crippen LogP contribution in [-0.4, -0.2) is 68.0 Å². The Bertz CT molecular complexity index is 717. The summed E-state index contributed by atoms with van der Waals surface area (Å²) in [5.74, 6) is -1.63. The van der Waals surface area contributed by atoms with Crippen molar-refractivity contribution < 1.29 is 27.4 Å². The zero-order valence-corrected chi connectivity index (χ0v) is 15.1. The molecule has 0 amide bonds. The highest BCUT2D eigenvalue weighted by Crippen LogP contribution is 2.26. The summed E-state index contributed by atoms with van der Waals surface area (Å²) in [7, 11) is -2.47. The first-order valence-electron chi connectivity index (χ1n) is 8.09. The smallest absolute Gasteiger partial charge is 0.317 e. The number of rotatable bonds is 7. The third kappa shape index (κ3) is 4.47. The quantitative estimate of drug-likeness (QED) is 0.776. The van der Waals surface area contributed by atoms with E-state index in [0.717, 1.165) is 6.07 Å². The van der Waals surface area contributed by atoms with Crippen molar-refractivity contribution in [1.82, 2.24) is 9.21 Å². The zero-order chi connectivity index (χ0) is 18.6. The normalized spacial score (nSPS) is 17.0. The molecule has 0 radical (unpaired) electrons. The largest absolute Gasteiger partial charge is 0.494 e. The molecule has 140 valence electrons. The lowest BCUT2D eigenvalue weighted by Gasteiger charge is -2.36. The van der Waals surface area contributed by atoms with Gasteiger partial charge in [0, 0.05) is 19.1 Å². The fourth-order valence-electron chi connectivity index (χ4n) is 3.08. The third-order valence-corrected chi connectivity index (χ3v) is 6.34. The molecule has 0 saturated carbocycles. The van der Waals surface area contributed by atoms with E-state index >= 15 is 0 Å². The number of hydrogen-bond donors (Lipinski definition) is 1. The van der Waals surface area contributed by atoms with Gasteiger partial charge in [-0.25, -0.2) is 12.8 Å². The maximum Gasteiger partial charge on any atom is 0.317 e. The molecule has 1 N–H and O–H groups in total. The molecule has 1 heterocycles. The van der Waals surface area contributed by atoms with Crippen LogP contribution in [0.4, 0.5) is 4.39 Å². The van der Waals surface area contributed by atoms with Crippen molar-refractivity contribution in [3.63, 3.8) is 0 Å². The van der Waals surface area contributed by atoms with Gasteiger partial charge < -0.3 is 9.84 Å². The molecule has 0 spiro atoms. The molecule has 7 nitrogen and oxygen atoms in total. The van der Waals surface area contributed by atoms with Crippen LogP contribution in [0.3, 0.4) is 0 Å². The third-order valence-electron chi connectivity index (χ3n) is 4.45. The lowest BCUT2D eigenvalue weighted by Crippen LogP contribution is -2.48. The first kappa shape index (κ1) is 19.6. The molecule has 2 rings (SSSR count). The number of nitrogens with zero attached hydrogens (tertiary/aromatic N) is 2. The number of ether oxygens (including phenoxy) is 1. The van der Waals surface area contributed by atoms with Gasteiger partial charge in [-0.1, -0.05) is 6.92 Å². The predicted molar refractivity (Wildman–Crippen MR) is 89.6 cm³/mol. The van der Waals surface area contributed by atoms with Gasteiger partial charge in [0.15, 0.2) is 11.6 Å². The van der Waals surface area contributed by atoms with Crippen LogP contribution >= 0.6 is 0 Å². The van der Waals surface area contributed by atoms with Gasteiger partial charge in [0.1, 0.15) is 0 Å². The van der Waals surface area contributed by atoms with Crippen LogP contribution < -0.4 is 4.74 Å². The van der Waals surface area contributed by atoms with E-state index in [4.69, 9.17) is 9.84 Å². The Hall–Kier alpha value is -1.71. The van der Waals surface area contributed by atoms with Crippen molar-refractivity contribution in [2.24, 2.45) is 0 Å². The topological polar surface area (TPSA) is 87.2 Å². The summed E-state index contributed by atoms with van der Waals surface area (Å²) < 4.78 is 45.3. The van der Waals surface area contributed by atoms with E-state index < -0.39 is 21.8 Å². The minimum Gasteiger partial charge on any atom is -0.494 e. The molecule has 1 aliphatic rings. The van der Waals surface area contributed by atoms with E-state index in [1.54, 1.807) is 0 Å². The van der Waals surface area contributed by atoms with E-state index in [1.165, 1.54) is 23.5 Å². The van der Waals surface area contributed by atoms with Gasteiger partial charge in [-0.05, 0) is 37.6 Å². The van der Waals surface area contributed by atoms with Crippen molar-refractivity contribution in [2.75, 3.05) is 33.3 Å². The molecule has 1 aromatic carbocycles. The van der Waals surface area contributed by atoms with Gasteiger partial charge in [-0.2, -0.15) is 4.31 Å². The lowest BCUT2D eigenvalue weighted by atomic mass is 10.0. The maximum absolute atomic E-state index is 13.8. The Labute approximate surface area is 147 Å². The molecule has 9 heteroatoms. The second-order valence-electron chi connectivity index (χ2n) is 5.89. The lowest BCUT2D eigenvalue weighted by molar-refractivity contribution is -0.139. The van der Waals surface area contributed by atoms with Gasteiger partial charge in [0.05, 0.1) is 18.6 Å². The van der Waals surface area contributed by atoms with Crippen molar-refractivity contribution in [3.05, 3.63) is 24.0 Å². The highest BCUT2D eigenvalue weighted by molar-refractivity contribution is 7.89. The average molecular weight is 374 g/mol. The van der Waals surface area contributed by atoms with Gasteiger partial charge in [-0.3, -0.25) is 9.69 Å². The molecule has 1 fully saturated rings. The molecular formula is C16H23FN2O5S. The minimum atomic E-state index is -3.79. The molecule has 1 saturated heterocycles. The number of halogens is 1. The van der Waals surface area contributed by atoms with Crippen LogP contribution in [0.15, 0.2) is 23.1 Å². The Morgan fingerprint density at radius 3 is 2.52 bits per heavy atom. The summed E-state index contributed by atoms with van der Waals surface area (Å²) in [5, 5.41) is 8.95. The average Bonchev–Trinajstić information content (AvgIpc) is 2.59. The van der Waals surface area contributed by atoms with Crippen LogP contribution in [0, 0.1) is 5.82 Å². The highest BCUT2D eigenvalue weighted by Gasteiger charge is 2.32. The first-order valence-corrected chi connectivity index (χ1v) is 9.53. The van der Waals surface area contributed by atoms with Crippen LogP contribution in [0.1, 0.15) is 19.8 Å². The van der Waals surface area contributed by atoms with Gasteiger partial charge in [0.2, 0.25) is 10.0 Å². The molecule has 0 unspecified atom stereocenters. The van der Waals surface area contributed by atoms with E-state index in [9.17, 15) is 17.6 Å². The van der Waals surface area contributed by atoms with Crippen molar-refractivity contribution in [3.8, 4) is 5.75 Å². The SMILES string of the molecule is CCN(CC(=O)O)C1CCN(S(=O)(=O)c2ccc(OC)c(F)c2)CC1. The van der Waals surface area contributed by atoms with Gasteiger partial charge >= 0.3 is 5.97 Å². The molecule has 0 bridgehead atoms. The fourth-order valence-corrected chi connectivity index (χ4v) is 4.56. The number of sulfonamides is 1.